The molecule has 0 fully saturated rings. The SMILES string of the molecule is COC(=O)[C@]1(C)C=C(C)c2cc(O)c(OC)cc2C1. The van der Waals surface area contributed by atoms with Gasteiger partial charge in [0, 0.05) is 0 Å². The van der Waals surface area contributed by atoms with Crippen molar-refractivity contribution in [3.63, 3.8) is 0 Å². The number of carbonyl (C=O) groups is 1. The number of esters is 1. The lowest BCUT2D eigenvalue weighted by Crippen LogP contribution is -2.32. The van der Waals surface area contributed by atoms with E-state index in [0.29, 0.717) is 12.2 Å². The second-order valence-corrected chi connectivity index (χ2v) is 5.09. The van der Waals surface area contributed by atoms with Gasteiger partial charge in [0.05, 0.1) is 19.6 Å². The minimum atomic E-state index is -0.673. The molecule has 0 aromatic heterocycles. The monoisotopic (exact) mass is 262 g/mol. The average molecular weight is 262 g/mol. The molecule has 1 aliphatic carbocycles. The molecule has 0 heterocycles. The topological polar surface area (TPSA) is 55.8 Å². The van der Waals surface area contributed by atoms with Gasteiger partial charge in [-0.1, -0.05) is 6.08 Å². The van der Waals surface area contributed by atoms with Crippen LogP contribution in [0.5, 0.6) is 11.5 Å². The highest BCUT2D eigenvalue weighted by Crippen LogP contribution is 2.41. The molecule has 0 saturated heterocycles. The number of benzene rings is 1. The summed E-state index contributed by atoms with van der Waals surface area (Å²) in [6.45, 7) is 3.77. The molecule has 4 heteroatoms. The van der Waals surface area contributed by atoms with Crippen molar-refractivity contribution in [1.29, 1.82) is 0 Å². The third kappa shape index (κ3) is 2.18. The van der Waals surface area contributed by atoms with Gasteiger partial charge in [0.15, 0.2) is 11.5 Å². The molecule has 0 saturated carbocycles. The molecule has 1 N–H and O–H groups in total. The van der Waals surface area contributed by atoms with Gasteiger partial charge in [-0.05, 0) is 49.1 Å². The molecular formula is C15H18O4. The van der Waals surface area contributed by atoms with E-state index in [4.69, 9.17) is 9.47 Å². The number of phenols is 1. The average Bonchev–Trinajstić information content (AvgIpc) is 2.38. The van der Waals surface area contributed by atoms with Crippen LogP contribution < -0.4 is 4.74 Å². The maximum absolute atomic E-state index is 11.9. The zero-order valence-corrected chi connectivity index (χ0v) is 11.6. The summed E-state index contributed by atoms with van der Waals surface area (Å²) in [6.07, 6.45) is 2.43. The van der Waals surface area contributed by atoms with Crippen LogP contribution >= 0.6 is 0 Å². The normalized spacial score (nSPS) is 21.4. The number of hydrogen-bond donors (Lipinski definition) is 1. The van der Waals surface area contributed by atoms with Crippen molar-refractivity contribution in [2.75, 3.05) is 14.2 Å². The largest absolute Gasteiger partial charge is 0.504 e. The first-order valence-electron chi connectivity index (χ1n) is 6.09. The van der Waals surface area contributed by atoms with Gasteiger partial charge < -0.3 is 14.6 Å². The van der Waals surface area contributed by atoms with E-state index in [9.17, 15) is 9.90 Å². The van der Waals surface area contributed by atoms with Crippen LogP contribution in [0.4, 0.5) is 0 Å². The summed E-state index contributed by atoms with van der Waals surface area (Å²) in [7, 11) is 2.90. The van der Waals surface area contributed by atoms with Crippen LogP contribution in [0.15, 0.2) is 18.2 Å². The number of ether oxygens (including phenoxy) is 2. The van der Waals surface area contributed by atoms with Crippen molar-refractivity contribution < 1.29 is 19.4 Å². The lowest BCUT2D eigenvalue weighted by Gasteiger charge is -2.30. The summed E-state index contributed by atoms with van der Waals surface area (Å²) in [4.78, 5) is 11.9. The number of hydrogen-bond acceptors (Lipinski definition) is 4. The molecule has 0 amide bonds. The van der Waals surface area contributed by atoms with Crippen LogP contribution in [-0.2, 0) is 16.0 Å². The van der Waals surface area contributed by atoms with E-state index in [1.807, 2.05) is 19.9 Å². The van der Waals surface area contributed by atoms with Crippen molar-refractivity contribution in [3.8, 4) is 11.5 Å². The molecule has 19 heavy (non-hydrogen) atoms. The van der Waals surface area contributed by atoms with Crippen molar-refractivity contribution in [3.05, 3.63) is 29.3 Å². The smallest absolute Gasteiger partial charge is 0.315 e. The van der Waals surface area contributed by atoms with Crippen LogP contribution in [-0.4, -0.2) is 25.3 Å². The summed E-state index contributed by atoms with van der Waals surface area (Å²) in [5.74, 6) is 0.265. The Bertz CT molecular complexity index is 560. The van der Waals surface area contributed by atoms with Gasteiger partial charge in [0.1, 0.15) is 0 Å². The van der Waals surface area contributed by atoms with Gasteiger partial charge in [0.25, 0.3) is 0 Å². The molecule has 1 aromatic rings. The van der Waals surface area contributed by atoms with Crippen LogP contribution in [0.2, 0.25) is 0 Å². The van der Waals surface area contributed by atoms with Crippen LogP contribution in [0.25, 0.3) is 5.57 Å². The summed E-state index contributed by atoms with van der Waals surface area (Å²) in [5.41, 5.74) is 2.20. The van der Waals surface area contributed by atoms with Crippen molar-refractivity contribution in [2.24, 2.45) is 5.41 Å². The number of fused-ring (bicyclic) bond motifs is 1. The number of methoxy groups -OCH3 is 2. The zero-order chi connectivity index (χ0) is 14.2. The predicted octanol–water partition coefficient (Wildman–Crippen LogP) is 2.54. The zero-order valence-electron chi connectivity index (χ0n) is 11.6. The number of rotatable bonds is 2. The van der Waals surface area contributed by atoms with Gasteiger partial charge in [-0.15, -0.1) is 0 Å². The Labute approximate surface area is 112 Å². The molecular weight excluding hydrogens is 244 g/mol. The molecule has 1 atom stereocenters. The molecule has 0 unspecified atom stereocenters. The molecule has 1 aromatic carbocycles. The Hall–Kier alpha value is -1.97. The standard InChI is InChI=1S/C15H18O4/c1-9-7-15(2,14(17)19-4)8-10-5-13(18-3)12(16)6-11(9)10/h5-7,16H,8H2,1-4H3/t15-/m1/s1. The molecule has 0 radical (unpaired) electrons. The third-order valence-electron chi connectivity index (χ3n) is 3.57. The van der Waals surface area contributed by atoms with E-state index in [0.717, 1.165) is 16.7 Å². The first-order chi connectivity index (χ1) is 8.91. The van der Waals surface area contributed by atoms with Gasteiger partial charge in [-0.3, -0.25) is 4.79 Å². The highest BCUT2D eigenvalue weighted by Gasteiger charge is 2.36. The fourth-order valence-electron chi connectivity index (χ4n) is 2.65. The van der Waals surface area contributed by atoms with E-state index in [-0.39, 0.29) is 11.7 Å². The van der Waals surface area contributed by atoms with E-state index in [1.165, 1.54) is 14.2 Å². The maximum atomic E-state index is 11.9. The summed E-state index contributed by atoms with van der Waals surface area (Å²) in [6, 6.07) is 3.46. The molecule has 0 spiro atoms. The van der Waals surface area contributed by atoms with Crippen molar-refractivity contribution in [1.82, 2.24) is 0 Å². The van der Waals surface area contributed by atoms with Crippen molar-refractivity contribution in [2.45, 2.75) is 20.3 Å². The van der Waals surface area contributed by atoms with Crippen LogP contribution in [0.3, 0.4) is 0 Å². The van der Waals surface area contributed by atoms with E-state index >= 15 is 0 Å². The Morgan fingerprint density at radius 2 is 2.05 bits per heavy atom. The number of allylic oxidation sites excluding steroid dienone is 1. The van der Waals surface area contributed by atoms with E-state index < -0.39 is 5.41 Å². The third-order valence-corrected chi connectivity index (χ3v) is 3.57. The number of aromatic hydroxyl groups is 1. The quantitative estimate of drug-likeness (QED) is 0.832. The molecule has 4 nitrogen and oxygen atoms in total. The van der Waals surface area contributed by atoms with Crippen LogP contribution in [0, 0.1) is 5.41 Å². The highest BCUT2D eigenvalue weighted by atomic mass is 16.5. The fraction of sp³-hybridized carbons (Fsp3) is 0.400. The van der Waals surface area contributed by atoms with Gasteiger partial charge in [-0.2, -0.15) is 0 Å². The molecule has 0 aliphatic heterocycles. The minimum absolute atomic E-state index is 0.107. The molecule has 1 aliphatic rings. The second-order valence-electron chi connectivity index (χ2n) is 5.09. The summed E-state index contributed by atoms with van der Waals surface area (Å²) in [5, 5.41) is 9.83. The number of carbonyl (C=O) groups excluding carboxylic acids is 1. The summed E-state index contributed by atoms with van der Waals surface area (Å²) >= 11 is 0. The Morgan fingerprint density at radius 1 is 1.37 bits per heavy atom. The Kier molecular flexibility index (Phi) is 3.27. The number of phenolic OH excluding ortho intramolecular Hbond substituents is 1. The minimum Gasteiger partial charge on any atom is -0.504 e. The van der Waals surface area contributed by atoms with E-state index in [2.05, 4.69) is 0 Å². The van der Waals surface area contributed by atoms with Crippen LogP contribution in [0.1, 0.15) is 25.0 Å². The Balaban J connectivity index is 2.53. The first kappa shape index (κ1) is 13.5. The van der Waals surface area contributed by atoms with E-state index in [1.54, 1.807) is 12.1 Å². The molecule has 2 rings (SSSR count). The van der Waals surface area contributed by atoms with Gasteiger partial charge >= 0.3 is 5.97 Å². The predicted molar refractivity (Wildman–Crippen MR) is 72.1 cm³/mol. The molecule has 0 bridgehead atoms. The van der Waals surface area contributed by atoms with Gasteiger partial charge in [-0.25, -0.2) is 0 Å². The fourth-order valence-corrected chi connectivity index (χ4v) is 2.65. The molecule has 102 valence electrons. The summed E-state index contributed by atoms with van der Waals surface area (Å²) < 4.78 is 9.99. The highest BCUT2D eigenvalue weighted by molar-refractivity contribution is 5.85. The lowest BCUT2D eigenvalue weighted by molar-refractivity contribution is -0.148. The Morgan fingerprint density at radius 3 is 2.63 bits per heavy atom. The van der Waals surface area contributed by atoms with Gasteiger partial charge in [0.2, 0.25) is 0 Å². The second kappa shape index (κ2) is 4.61. The van der Waals surface area contributed by atoms with Crippen molar-refractivity contribution >= 4 is 11.5 Å². The lowest BCUT2D eigenvalue weighted by atomic mass is 9.75. The first-order valence-corrected chi connectivity index (χ1v) is 6.09. The maximum Gasteiger partial charge on any atom is 0.315 e.